The van der Waals surface area contributed by atoms with Gasteiger partial charge in [-0.05, 0) is 24.6 Å². The van der Waals surface area contributed by atoms with Crippen molar-refractivity contribution in [3.05, 3.63) is 29.8 Å². The van der Waals surface area contributed by atoms with Gasteiger partial charge in [0.1, 0.15) is 6.17 Å². The van der Waals surface area contributed by atoms with Crippen molar-refractivity contribution in [1.29, 1.82) is 5.26 Å². The second-order valence-corrected chi connectivity index (χ2v) is 3.19. The minimum Gasteiger partial charge on any atom is -0.382 e. The van der Waals surface area contributed by atoms with Crippen molar-refractivity contribution >= 4 is 5.69 Å². The Morgan fingerprint density at radius 2 is 2.07 bits per heavy atom. The Kier molecular flexibility index (Phi) is 3.93. The van der Waals surface area contributed by atoms with Gasteiger partial charge in [0, 0.05) is 12.2 Å². The molecule has 0 fully saturated rings. The van der Waals surface area contributed by atoms with E-state index in [0.717, 1.165) is 11.3 Å². The van der Waals surface area contributed by atoms with Crippen molar-refractivity contribution < 1.29 is 4.39 Å². The van der Waals surface area contributed by atoms with Crippen LogP contribution < -0.4 is 5.32 Å². The van der Waals surface area contributed by atoms with Crippen LogP contribution in [0.3, 0.4) is 0 Å². The zero-order valence-electron chi connectivity index (χ0n) is 8.13. The Balaban J connectivity index is 2.52. The number of hydrogen-bond donors (Lipinski definition) is 1. The summed E-state index contributed by atoms with van der Waals surface area (Å²) >= 11 is 0. The van der Waals surface area contributed by atoms with E-state index in [2.05, 4.69) is 11.4 Å². The Bertz CT molecular complexity index is 311. The lowest BCUT2D eigenvalue weighted by Crippen LogP contribution is -2.11. The number of nitrogens with zero attached hydrogens (tertiary/aromatic N) is 1. The van der Waals surface area contributed by atoms with E-state index in [4.69, 9.17) is 5.26 Å². The Morgan fingerprint density at radius 3 is 2.57 bits per heavy atom. The first-order valence-electron chi connectivity index (χ1n) is 4.56. The SMILES string of the molecule is CC(F)CNc1ccc(CC#N)cc1. The molecule has 0 radical (unpaired) electrons. The lowest BCUT2D eigenvalue weighted by Gasteiger charge is -2.06. The van der Waals surface area contributed by atoms with E-state index in [1.54, 1.807) is 0 Å². The molecule has 0 amide bonds. The van der Waals surface area contributed by atoms with Gasteiger partial charge in [-0.25, -0.2) is 4.39 Å². The van der Waals surface area contributed by atoms with Gasteiger partial charge in [-0.3, -0.25) is 0 Å². The smallest absolute Gasteiger partial charge is 0.114 e. The van der Waals surface area contributed by atoms with Crippen LogP contribution in [0.4, 0.5) is 10.1 Å². The number of rotatable bonds is 4. The molecule has 1 rings (SSSR count). The van der Waals surface area contributed by atoms with E-state index in [1.807, 2.05) is 24.3 Å². The maximum Gasteiger partial charge on any atom is 0.114 e. The normalized spacial score (nSPS) is 11.8. The third-order valence-corrected chi connectivity index (χ3v) is 1.82. The first-order chi connectivity index (χ1) is 6.72. The van der Waals surface area contributed by atoms with Crippen molar-refractivity contribution in [3.8, 4) is 6.07 Å². The summed E-state index contributed by atoms with van der Waals surface area (Å²) in [5.74, 6) is 0. The lowest BCUT2D eigenvalue weighted by atomic mass is 10.1. The second kappa shape index (κ2) is 5.23. The molecule has 1 aromatic carbocycles. The fraction of sp³-hybridized carbons (Fsp3) is 0.364. The summed E-state index contributed by atoms with van der Waals surface area (Å²) in [6.07, 6.45) is -0.437. The molecule has 0 saturated carbocycles. The first kappa shape index (κ1) is 10.5. The van der Waals surface area contributed by atoms with Crippen LogP contribution in [0, 0.1) is 11.3 Å². The number of halogens is 1. The van der Waals surface area contributed by atoms with Gasteiger partial charge in [-0.1, -0.05) is 12.1 Å². The van der Waals surface area contributed by atoms with E-state index < -0.39 is 6.17 Å². The molecule has 2 nitrogen and oxygen atoms in total. The average Bonchev–Trinajstić information content (AvgIpc) is 2.17. The Morgan fingerprint density at radius 1 is 1.43 bits per heavy atom. The molecule has 3 heteroatoms. The highest BCUT2D eigenvalue weighted by Crippen LogP contribution is 2.09. The maximum atomic E-state index is 12.5. The third kappa shape index (κ3) is 3.44. The quantitative estimate of drug-likeness (QED) is 0.795. The fourth-order valence-corrected chi connectivity index (χ4v) is 1.09. The number of anilines is 1. The molecule has 0 aromatic heterocycles. The highest BCUT2D eigenvalue weighted by atomic mass is 19.1. The lowest BCUT2D eigenvalue weighted by molar-refractivity contribution is 0.378. The van der Waals surface area contributed by atoms with Gasteiger partial charge in [-0.15, -0.1) is 0 Å². The predicted octanol–water partition coefficient (Wildman–Crippen LogP) is 2.52. The zero-order valence-corrected chi connectivity index (χ0v) is 8.13. The molecule has 1 unspecified atom stereocenters. The van der Waals surface area contributed by atoms with E-state index in [1.165, 1.54) is 6.92 Å². The highest BCUT2D eigenvalue weighted by Gasteiger charge is 1.97. The standard InChI is InChI=1S/C11H13FN2/c1-9(12)8-14-11-4-2-10(3-5-11)6-7-13/h2-5,9,14H,6,8H2,1H3. The fourth-order valence-electron chi connectivity index (χ4n) is 1.09. The number of nitrogens with one attached hydrogen (secondary N) is 1. The molecule has 1 aromatic rings. The molecule has 0 saturated heterocycles. The van der Waals surface area contributed by atoms with Gasteiger partial charge >= 0.3 is 0 Å². The molecule has 14 heavy (non-hydrogen) atoms. The molecular weight excluding hydrogens is 179 g/mol. The molecular formula is C11H13FN2. The van der Waals surface area contributed by atoms with Crippen LogP contribution in [0.25, 0.3) is 0 Å². The van der Waals surface area contributed by atoms with Crippen LogP contribution in [0.15, 0.2) is 24.3 Å². The summed E-state index contributed by atoms with van der Waals surface area (Å²) in [5.41, 5.74) is 1.86. The van der Waals surface area contributed by atoms with Crippen molar-refractivity contribution in [2.75, 3.05) is 11.9 Å². The molecule has 0 aliphatic carbocycles. The molecule has 0 aliphatic heterocycles. The van der Waals surface area contributed by atoms with Gasteiger partial charge in [0.25, 0.3) is 0 Å². The van der Waals surface area contributed by atoms with Gasteiger partial charge in [0.2, 0.25) is 0 Å². The monoisotopic (exact) mass is 192 g/mol. The second-order valence-electron chi connectivity index (χ2n) is 3.19. The summed E-state index contributed by atoms with van der Waals surface area (Å²) < 4.78 is 12.5. The average molecular weight is 192 g/mol. The molecule has 1 atom stereocenters. The van der Waals surface area contributed by atoms with E-state index in [9.17, 15) is 4.39 Å². The predicted molar refractivity (Wildman–Crippen MR) is 54.8 cm³/mol. The minimum absolute atomic E-state index is 0.317. The summed E-state index contributed by atoms with van der Waals surface area (Å²) in [4.78, 5) is 0. The van der Waals surface area contributed by atoms with Crippen LogP contribution in [0.1, 0.15) is 12.5 Å². The van der Waals surface area contributed by atoms with Gasteiger partial charge < -0.3 is 5.32 Å². The molecule has 74 valence electrons. The van der Waals surface area contributed by atoms with E-state index in [-0.39, 0.29) is 0 Å². The maximum absolute atomic E-state index is 12.5. The number of nitriles is 1. The summed E-state index contributed by atoms with van der Waals surface area (Å²) in [6.45, 7) is 1.83. The molecule has 1 N–H and O–H groups in total. The van der Waals surface area contributed by atoms with Gasteiger partial charge in [0.05, 0.1) is 12.5 Å². The highest BCUT2D eigenvalue weighted by molar-refractivity contribution is 5.45. The number of hydrogen-bond acceptors (Lipinski definition) is 2. The molecule has 0 heterocycles. The molecule has 0 bridgehead atoms. The van der Waals surface area contributed by atoms with Crippen molar-refractivity contribution in [2.45, 2.75) is 19.5 Å². The van der Waals surface area contributed by atoms with Crippen molar-refractivity contribution in [3.63, 3.8) is 0 Å². The van der Waals surface area contributed by atoms with Crippen LogP contribution >= 0.6 is 0 Å². The summed E-state index contributed by atoms with van der Waals surface area (Å²) in [7, 11) is 0. The topological polar surface area (TPSA) is 35.8 Å². The number of alkyl halides is 1. The van der Waals surface area contributed by atoms with Crippen molar-refractivity contribution in [2.24, 2.45) is 0 Å². The molecule has 0 aliphatic rings. The number of benzene rings is 1. The van der Waals surface area contributed by atoms with Crippen LogP contribution in [-0.2, 0) is 6.42 Å². The first-order valence-corrected chi connectivity index (χ1v) is 4.56. The van der Waals surface area contributed by atoms with E-state index in [0.29, 0.717) is 13.0 Å². The van der Waals surface area contributed by atoms with Crippen molar-refractivity contribution in [1.82, 2.24) is 0 Å². The molecule has 0 spiro atoms. The van der Waals surface area contributed by atoms with Crippen LogP contribution in [0.5, 0.6) is 0 Å². The minimum atomic E-state index is -0.853. The van der Waals surface area contributed by atoms with Crippen LogP contribution in [0.2, 0.25) is 0 Å². The van der Waals surface area contributed by atoms with Crippen LogP contribution in [-0.4, -0.2) is 12.7 Å². The zero-order chi connectivity index (χ0) is 10.4. The van der Waals surface area contributed by atoms with Gasteiger partial charge in [-0.2, -0.15) is 5.26 Å². The van der Waals surface area contributed by atoms with E-state index >= 15 is 0 Å². The van der Waals surface area contributed by atoms with Gasteiger partial charge in [0.15, 0.2) is 0 Å². The Hall–Kier alpha value is -1.56. The summed E-state index contributed by atoms with van der Waals surface area (Å²) in [5, 5.41) is 11.4. The Labute approximate surface area is 83.4 Å². The third-order valence-electron chi connectivity index (χ3n) is 1.82. The summed E-state index contributed by atoms with van der Waals surface area (Å²) in [6, 6.07) is 9.52. The largest absolute Gasteiger partial charge is 0.382 e.